The Hall–Kier alpha value is -4.34. The Morgan fingerprint density at radius 3 is 2.19 bits per heavy atom. The molecule has 1 amide bonds. The van der Waals surface area contributed by atoms with E-state index in [-0.39, 0.29) is 43.2 Å². The van der Waals surface area contributed by atoms with E-state index in [1.165, 1.54) is 0 Å². The summed E-state index contributed by atoms with van der Waals surface area (Å²) < 4.78 is 131. The number of carbonyl (C=O) groups excluding carboxylic acids is 1. The number of aliphatic carboxylic acids is 1. The smallest absolute Gasteiger partial charge is 0.419 e. The standard InChI is InChI=1S/C36H38F9N3O4/c1-47(2)12-8-10-21-19-48(30(49)17-25(21)35(40,41)42)29-11-7-5-3-4-6-9-20-13-23(37)16-27(38)32(20)22-14-24(28(18-31(50)51)46-34(29)52)33(39)26(15-22)36(43,44)45/h13-17,19,28-29H,3-12,18H2,1-2H3,(H,46,52)(H,50,51)/t28-,29-/m0/s1. The second kappa shape index (κ2) is 16.6. The molecule has 2 atom stereocenters. The SMILES string of the molecule is CN(C)CCCc1cn([C@H]2CCCCCCCc3cc(F)cc(F)c3-c3cc(c(F)c(C(F)(F)F)c3)[C@H](CC(=O)O)NC2=O)c(=O)cc1C(F)(F)F. The number of hydrogen-bond acceptors (Lipinski definition) is 4. The minimum Gasteiger partial charge on any atom is -0.481 e. The summed E-state index contributed by atoms with van der Waals surface area (Å²) in [6.45, 7) is 0.394. The molecule has 16 heteroatoms. The highest BCUT2D eigenvalue weighted by molar-refractivity contribution is 5.82. The van der Waals surface area contributed by atoms with Crippen molar-refractivity contribution in [2.24, 2.45) is 0 Å². The molecule has 4 rings (SSSR count). The van der Waals surface area contributed by atoms with E-state index in [9.17, 15) is 50.2 Å². The molecular formula is C36H38F9N3O4. The number of aromatic nitrogens is 1. The number of aryl methyl sites for hydroxylation is 2. The van der Waals surface area contributed by atoms with Crippen LogP contribution in [0.25, 0.3) is 11.1 Å². The molecule has 0 radical (unpaired) electrons. The third kappa shape index (κ3) is 9.95. The molecule has 2 bridgehead atoms. The highest BCUT2D eigenvalue weighted by atomic mass is 19.4. The fraction of sp³-hybridized carbons (Fsp3) is 0.472. The molecular weight excluding hydrogens is 709 g/mol. The summed E-state index contributed by atoms with van der Waals surface area (Å²) in [7, 11) is 3.43. The van der Waals surface area contributed by atoms with Crippen LogP contribution in [0.15, 0.2) is 41.3 Å². The van der Waals surface area contributed by atoms with Crippen molar-refractivity contribution in [2.45, 2.75) is 88.6 Å². The van der Waals surface area contributed by atoms with Crippen LogP contribution in [0, 0.1) is 17.5 Å². The number of carbonyl (C=O) groups is 2. The first-order chi connectivity index (χ1) is 24.3. The maximum atomic E-state index is 15.8. The summed E-state index contributed by atoms with van der Waals surface area (Å²) in [6, 6.07) is -0.754. The van der Waals surface area contributed by atoms with Crippen molar-refractivity contribution in [3.63, 3.8) is 0 Å². The number of hydrogen-bond donors (Lipinski definition) is 2. The lowest BCUT2D eigenvalue weighted by Crippen LogP contribution is -2.40. The van der Waals surface area contributed by atoms with Crippen LogP contribution in [-0.2, 0) is 34.8 Å². The van der Waals surface area contributed by atoms with Crippen LogP contribution >= 0.6 is 0 Å². The molecule has 3 aromatic rings. The fourth-order valence-electron chi connectivity index (χ4n) is 6.54. The fourth-order valence-corrected chi connectivity index (χ4v) is 6.54. The van der Waals surface area contributed by atoms with Crippen molar-refractivity contribution < 1.29 is 54.2 Å². The topological polar surface area (TPSA) is 91.6 Å². The number of carboxylic acid groups (broad SMARTS) is 1. The predicted molar refractivity (Wildman–Crippen MR) is 173 cm³/mol. The van der Waals surface area contributed by atoms with Crippen LogP contribution in [-0.4, -0.2) is 47.1 Å². The van der Waals surface area contributed by atoms with Gasteiger partial charge in [0, 0.05) is 29.5 Å². The van der Waals surface area contributed by atoms with Gasteiger partial charge in [0.15, 0.2) is 0 Å². The summed E-state index contributed by atoms with van der Waals surface area (Å²) >= 11 is 0. The number of carboxylic acids is 1. The molecule has 284 valence electrons. The van der Waals surface area contributed by atoms with E-state index in [2.05, 4.69) is 5.32 Å². The highest BCUT2D eigenvalue weighted by Gasteiger charge is 2.39. The Bertz CT molecular complexity index is 1840. The monoisotopic (exact) mass is 747 g/mol. The summed E-state index contributed by atoms with van der Waals surface area (Å²) in [6.07, 6.45) is -8.58. The van der Waals surface area contributed by atoms with Gasteiger partial charge < -0.3 is 19.9 Å². The Morgan fingerprint density at radius 2 is 1.56 bits per heavy atom. The van der Waals surface area contributed by atoms with Crippen LogP contribution in [0.5, 0.6) is 0 Å². The number of halogens is 9. The van der Waals surface area contributed by atoms with Crippen molar-refractivity contribution in [1.82, 2.24) is 14.8 Å². The number of fused-ring (bicyclic) bond motifs is 4. The molecule has 0 unspecified atom stereocenters. The van der Waals surface area contributed by atoms with Gasteiger partial charge in [0.2, 0.25) is 5.91 Å². The minimum absolute atomic E-state index is 0.00257. The van der Waals surface area contributed by atoms with E-state index < -0.39 is 93.6 Å². The van der Waals surface area contributed by atoms with Gasteiger partial charge in [-0.1, -0.05) is 25.7 Å². The van der Waals surface area contributed by atoms with Gasteiger partial charge in [-0.2, -0.15) is 26.3 Å². The first-order valence-electron chi connectivity index (χ1n) is 16.7. The number of nitrogens with zero attached hydrogens (tertiary/aromatic N) is 2. The van der Waals surface area contributed by atoms with Crippen LogP contribution in [0.3, 0.4) is 0 Å². The maximum Gasteiger partial charge on any atom is 0.419 e. The predicted octanol–water partition coefficient (Wildman–Crippen LogP) is 8.23. The van der Waals surface area contributed by atoms with E-state index >= 15 is 8.78 Å². The molecule has 2 N–H and O–H groups in total. The van der Waals surface area contributed by atoms with Crippen molar-refractivity contribution in [3.05, 3.63) is 92.2 Å². The molecule has 0 spiro atoms. The average Bonchev–Trinajstić information content (AvgIpc) is 3.01. The Morgan fingerprint density at radius 1 is 0.904 bits per heavy atom. The molecule has 1 aromatic heterocycles. The molecule has 0 aliphatic carbocycles. The Kier molecular flexibility index (Phi) is 12.9. The second-order valence-corrected chi connectivity index (χ2v) is 13.2. The largest absolute Gasteiger partial charge is 0.481 e. The maximum absolute atomic E-state index is 15.8. The zero-order chi connectivity index (χ0) is 38.5. The van der Waals surface area contributed by atoms with Crippen molar-refractivity contribution in [2.75, 3.05) is 20.6 Å². The van der Waals surface area contributed by atoms with Gasteiger partial charge in [0.25, 0.3) is 5.56 Å². The zero-order valence-electron chi connectivity index (χ0n) is 28.4. The lowest BCUT2D eigenvalue weighted by atomic mass is 9.89. The molecule has 0 saturated heterocycles. The van der Waals surface area contributed by atoms with Gasteiger partial charge in [-0.3, -0.25) is 14.4 Å². The molecule has 1 aliphatic rings. The lowest BCUT2D eigenvalue weighted by Gasteiger charge is -2.26. The van der Waals surface area contributed by atoms with Crippen LogP contribution in [0.2, 0.25) is 0 Å². The quantitative estimate of drug-likeness (QED) is 0.238. The van der Waals surface area contributed by atoms with E-state index in [4.69, 9.17) is 0 Å². The zero-order valence-corrected chi connectivity index (χ0v) is 28.4. The van der Waals surface area contributed by atoms with Gasteiger partial charge in [-0.05, 0) is 87.6 Å². The molecule has 52 heavy (non-hydrogen) atoms. The number of amides is 1. The van der Waals surface area contributed by atoms with E-state index in [0.29, 0.717) is 50.4 Å². The normalized spacial score (nSPS) is 17.9. The van der Waals surface area contributed by atoms with Gasteiger partial charge in [-0.15, -0.1) is 0 Å². The number of benzene rings is 2. The summed E-state index contributed by atoms with van der Waals surface area (Å²) in [5, 5.41) is 11.9. The summed E-state index contributed by atoms with van der Waals surface area (Å²) in [5.74, 6) is -7.04. The van der Waals surface area contributed by atoms with E-state index in [1.54, 1.807) is 19.0 Å². The van der Waals surface area contributed by atoms with Gasteiger partial charge in [0.1, 0.15) is 23.5 Å². The number of nitrogens with one attached hydrogen (secondary N) is 1. The molecule has 7 nitrogen and oxygen atoms in total. The lowest BCUT2D eigenvalue weighted by molar-refractivity contribution is -0.140. The van der Waals surface area contributed by atoms with Gasteiger partial charge >= 0.3 is 18.3 Å². The third-order valence-corrected chi connectivity index (χ3v) is 8.98. The Balaban J connectivity index is 1.92. The van der Waals surface area contributed by atoms with Crippen molar-refractivity contribution >= 4 is 11.9 Å². The molecule has 1 aliphatic heterocycles. The molecule has 0 saturated carbocycles. The number of rotatable bonds is 7. The number of alkyl halides is 6. The van der Waals surface area contributed by atoms with Crippen molar-refractivity contribution in [3.8, 4) is 11.1 Å². The van der Waals surface area contributed by atoms with E-state index in [0.717, 1.165) is 22.9 Å². The first kappa shape index (κ1) is 40.4. The first-order valence-corrected chi connectivity index (χ1v) is 16.7. The van der Waals surface area contributed by atoms with Crippen LogP contribution in [0.4, 0.5) is 39.5 Å². The Labute approximate surface area is 293 Å². The van der Waals surface area contributed by atoms with Gasteiger partial charge in [0.05, 0.1) is 23.6 Å². The summed E-state index contributed by atoms with van der Waals surface area (Å²) in [5.41, 5.74) is -6.60. The second-order valence-electron chi connectivity index (χ2n) is 13.2. The minimum atomic E-state index is -5.39. The van der Waals surface area contributed by atoms with Crippen molar-refractivity contribution in [1.29, 1.82) is 0 Å². The third-order valence-electron chi connectivity index (χ3n) is 8.98. The average molecular weight is 748 g/mol. The van der Waals surface area contributed by atoms with Crippen LogP contribution < -0.4 is 10.9 Å². The number of pyridine rings is 1. The highest BCUT2D eigenvalue weighted by Crippen LogP contribution is 2.41. The summed E-state index contributed by atoms with van der Waals surface area (Å²) in [4.78, 5) is 40.9. The molecule has 0 fully saturated rings. The molecule has 2 aromatic carbocycles. The van der Waals surface area contributed by atoms with Gasteiger partial charge in [-0.25, -0.2) is 13.2 Å². The van der Waals surface area contributed by atoms with Crippen LogP contribution in [0.1, 0.15) is 91.3 Å². The van der Waals surface area contributed by atoms with E-state index in [1.807, 2.05) is 0 Å². The molecule has 2 heterocycles.